The zero-order valence-electron chi connectivity index (χ0n) is 11.4. The molecule has 0 aliphatic carbocycles. The van der Waals surface area contributed by atoms with E-state index in [0.717, 1.165) is 16.9 Å². The second kappa shape index (κ2) is 4.57. The molecule has 2 aromatic rings. The highest BCUT2D eigenvalue weighted by atomic mass is 15.1. The molecule has 0 saturated carbocycles. The van der Waals surface area contributed by atoms with E-state index in [4.69, 9.17) is 5.73 Å². The molecule has 0 saturated heterocycles. The summed E-state index contributed by atoms with van der Waals surface area (Å²) in [4.78, 5) is 8.79. The minimum Gasteiger partial charge on any atom is -0.362 e. The number of rotatable bonds is 4. The summed E-state index contributed by atoms with van der Waals surface area (Å²) in [6.45, 7) is 6.97. The fourth-order valence-corrected chi connectivity index (χ4v) is 1.86. The van der Waals surface area contributed by atoms with E-state index in [1.807, 2.05) is 17.7 Å². The van der Waals surface area contributed by atoms with E-state index in [-0.39, 0.29) is 5.54 Å². The SMILES string of the molecule is CC(C)C(C)(CN)Nc1nccc2c1ncn2C. The van der Waals surface area contributed by atoms with E-state index in [1.54, 1.807) is 12.5 Å². The Balaban J connectivity index is 2.43. The van der Waals surface area contributed by atoms with Crippen molar-refractivity contribution in [2.24, 2.45) is 18.7 Å². The van der Waals surface area contributed by atoms with Crippen LogP contribution in [0.1, 0.15) is 20.8 Å². The van der Waals surface area contributed by atoms with Gasteiger partial charge in [0.15, 0.2) is 5.82 Å². The molecule has 0 aliphatic heterocycles. The summed E-state index contributed by atoms with van der Waals surface area (Å²) in [5.41, 5.74) is 7.66. The van der Waals surface area contributed by atoms with Crippen LogP contribution in [0, 0.1) is 5.92 Å². The molecule has 98 valence electrons. The number of fused-ring (bicyclic) bond motifs is 1. The predicted octanol–water partition coefficient (Wildman–Crippen LogP) is 1.75. The Morgan fingerprint density at radius 1 is 1.44 bits per heavy atom. The van der Waals surface area contributed by atoms with Crippen molar-refractivity contribution < 1.29 is 0 Å². The Hall–Kier alpha value is -1.62. The summed E-state index contributed by atoms with van der Waals surface area (Å²) in [5.74, 6) is 1.21. The second-order valence-electron chi connectivity index (χ2n) is 5.28. The van der Waals surface area contributed by atoms with Crippen molar-refractivity contribution in [1.29, 1.82) is 0 Å². The van der Waals surface area contributed by atoms with Gasteiger partial charge in [-0.2, -0.15) is 0 Å². The molecule has 2 rings (SSSR count). The van der Waals surface area contributed by atoms with E-state index in [2.05, 4.69) is 36.1 Å². The smallest absolute Gasteiger partial charge is 0.154 e. The molecule has 2 heterocycles. The molecule has 0 aliphatic rings. The Bertz CT molecular complexity index is 545. The van der Waals surface area contributed by atoms with Crippen molar-refractivity contribution in [2.75, 3.05) is 11.9 Å². The highest BCUT2D eigenvalue weighted by molar-refractivity contribution is 5.86. The number of nitrogens with one attached hydrogen (secondary N) is 1. The quantitative estimate of drug-likeness (QED) is 0.863. The number of aryl methyl sites for hydroxylation is 1. The molecule has 2 aromatic heterocycles. The van der Waals surface area contributed by atoms with Crippen LogP contribution in [-0.2, 0) is 7.05 Å². The van der Waals surface area contributed by atoms with Gasteiger partial charge in [0.05, 0.1) is 17.4 Å². The normalized spacial score (nSPS) is 15.0. The highest BCUT2D eigenvalue weighted by Crippen LogP contribution is 2.25. The van der Waals surface area contributed by atoms with Crippen molar-refractivity contribution >= 4 is 16.9 Å². The van der Waals surface area contributed by atoms with E-state index >= 15 is 0 Å². The van der Waals surface area contributed by atoms with Gasteiger partial charge in [-0.3, -0.25) is 0 Å². The molecule has 5 nitrogen and oxygen atoms in total. The maximum Gasteiger partial charge on any atom is 0.154 e. The van der Waals surface area contributed by atoms with Gasteiger partial charge in [0.25, 0.3) is 0 Å². The van der Waals surface area contributed by atoms with Crippen LogP contribution in [0.4, 0.5) is 5.82 Å². The number of pyridine rings is 1. The molecule has 1 atom stereocenters. The standard InChI is InChI=1S/C13H21N5/c1-9(2)13(3,7-14)17-12-11-10(5-6-15-12)18(4)8-16-11/h5-6,8-9H,7,14H2,1-4H3,(H,15,17). The van der Waals surface area contributed by atoms with Gasteiger partial charge in [-0.1, -0.05) is 13.8 Å². The summed E-state index contributed by atoms with van der Waals surface area (Å²) in [6, 6.07) is 1.96. The topological polar surface area (TPSA) is 68.8 Å². The Labute approximate surface area is 107 Å². The van der Waals surface area contributed by atoms with Gasteiger partial charge in [-0.15, -0.1) is 0 Å². The van der Waals surface area contributed by atoms with Gasteiger partial charge in [-0.05, 0) is 18.9 Å². The summed E-state index contributed by atoms with van der Waals surface area (Å²) in [7, 11) is 1.98. The summed E-state index contributed by atoms with van der Waals surface area (Å²) in [5, 5.41) is 3.45. The van der Waals surface area contributed by atoms with Gasteiger partial charge >= 0.3 is 0 Å². The molecule has 0 fully saturated rings. The number of anilines is 1. The zero-order chi connectivity index (χ0) is 13.3. The Morgan fingerprint density at radius 3 is 2.78 bits per heavy atom. The van der Waals surface area contributed by atoms with Crippen LogP contribution in [0.15, 0.2) is 18.6 Å². The first-order chi connectivity index (χ1) is 8.48. The maximum atomic E-state index is 5.89. The molecule has 0 bridgehead atoms. The number of imidazole rings is 1. The number of hydrogen-bond acceptors (Lipinski definition) is 4. The third kappa shape index (κ3) is 2.06. The number of aromatic nitrogens is 3. The summed E-state index contributed by atoms with van der Waals surface area (Å²) >= 11 is 0. The van der Waals surface area contributed by atoms with E-state index in [9.17, 15) is 0 Å². The average Bonchev–Trinajstić information content (AvgIpc) is 2.72. The monoisotopic (exact) mass is 247 g/mol. The van der Waals surface area contributed by atoms with Crippen molar-refractivity contribution in [3.8, 4) is 0 Å². The van der Waals surface area contributed by atoms with Crippen LogP contribution in [0.25, 0.3) is 11.0 Å². The lowest BCUT2D eigenvalue weighted by Gasteiger charge is -2.34. The fraction of sp³-hybridized carbons (Fsp3) is 0.538. The first kappa shape index (κ1) is 12.8. The van der Waals surface area contributed by atoms with Crippen LogP contribution in [0.3, 0.4) is 0 Å². The molecule has 0 spiro atoms. The van der Waals surface area contributed by atoms with E-state index in [0.29, 0.717) is 12.5 Å². The molecule has 5 heteroatoms. The Morgan fingerprint density at radius 2 is 2.17 bits per heavy atom. The Kier molecular flexibility index (Phi) is 3.26. The van der Waals surface area contributed by atoms with Crippen molar-refractivity contribution in [3.05, 3.63) is 18.6 Å². The van der Waals surface area contributed by atoms with E-state index < -0.39 is 0 Å². The van der Waals surface area contributed by atoms with Crippen LogP contribution >= 0.6 is 0 Å². The minimum atomic E-state index is -0.182. The highest BCUT2D eigenvalue weighted by Gasteiger charge is 2.27. The number of nitrogens with zero attached hydrogens (tertiary/aromatic N) is 3. The lowest BCUT2D eigenvalue weighted by molar-refractivity contribution is 0.382. The zero-order valence-corrected chi connectivity index (χ0v) is 11.4. The van der Waals surface area contributed by atoms with Crippen molar-refractivity contribution in [1.82, 2.24) is 14.5 Å². The lowest BCUT2D eigenvalue weighted by atomic mass is 9.88. The van der Waals surface area contributed by atoms with Crippen molar-refractivity contribution in [3.63, 3.8) is 0 Å². The van der Waals surface area contributed by atoms with Gasteiger partial charge in [0.2, 0.25) is 0 Å². The molecule has 3 N–H and O–H groups in total. The first-order valence-corrected chi connectivity index (χ1v) is 6.22. The lowest BCUT2D eigenvalue weighted by Crippen LogP contribution is -2.47. The molecular weight excluding hydrogens is 226 g/mol. The maximum absolute atomic E-state index is 5.89. The van der Waals surface area contributed by atoms with Crippen LogP contribution < -0.4 is 11.1 Å². The largest absolute Gasteiger partial charge is 0.362 e. The van der Waals surface area contributed by atoms with Gasteiger partial charge in [-0.25, -0.2) is 9.97 Å². The van der Waals surface area contributed by atoms with Gasteiger partial charge in [0, 0.05) is 19.8 Å². The summed E-state index contributed by atoms with van der Waals surface area (Å²) in [6.07, 6.45) is 3.59. The third-order valence-corrected chi connectivity index (χ3v) is 3.75. The fourth-order valence-electron chi connectivity index (χ4n) is 1.86. The van der Waals surface area contributed by atoms with Crippen LogP contribution in [-0.4, -0.2) is 26.6 Å². The number of nitrogens with two attached hydrogens (primary N) is 1. The first-order valence-electron chi connectivity index (χ1n) is 6.22. The van der Waals surface area contributed by atoms with Gasteiger partial charge in [0.1, 0.15) is 5.52 Å². The molecule has 0 amide bonds. The second-order valence-corrected chi connectivity index (χ2v) is 5.28. The van der Waals surface area contributed by atoms with E-state index in [1.165, 1.54) is 0 Å². The van der Waals surface area contributed by atoms with Crippen molar-refractivity contribution in [2.45, 2.75) is 26.3 Å². The third-order valence-electron chi connectivity index (χ3n) is 3.75. The van der Waals surface area contributed by atoms with Crippen LogP contribution in [0.2, 0.25) is 0 Å². The molecule has 1 unspecified atom stereocenters. The molecule has 18 heavy (non-hydrogen) atoms. The predicted molar refractivity (Wildman–Crippen MR) is 74.4 cm³/mol. The summed E-state index contributed by atoms with van der Waals surface area (Å²) < 4.78 is 1.98. The molecule has 0 radical (unpaired) electrons. The average molecular weight is 247 g/mol. The minimum absolute atomic E-state index is 0.182. The number of hydrogen-bond donors (Lipinski definition) is 2. The molecular formula is C13H21N5. The van der Waals surface area contributed by atoms with Gasteiger partial charge < -0.3 is 15.6 Å². The molecule has 0 aromatic carbocycles. The van der Waals surface area contributed by atoms with Crippen LogP contribution in [0.5, 0.6) is 0 Å².